The Labute approximate surface area is 190 Å². The van der Waals surface area contributed by atoms with Gasteiger partial charge in [-0.3, -0.25) is 0 Å². The maximum Gasteiger partial charge on any atom is 0.240 e. The lowest BCUT2D eigenvalue weighted by Crippen LogP contribution is -2.33. The molecule has 0 bridgehead atoms. The van der Waals surface area contributed by atoms with Crippen LogP contribution in [0.4, 0.5) is 5.69 Å². The molecule has 5 rings (SSSR count). The zero-order valence-corrected chi connectivity index (χ0v) is 19.3. The van der Waals surface area contributed by atoms with Gasteiger partial charge in [0, 0.05) is 25.0 Å². The molecule has 1 saturated heterocycles. The second kappa shape index (κ2) is 8.41. The van der Waals surface area contributed by atoms with Crippen LogP contribution in [0.15, 0.2) is 65.6 Å². The predicted octanol–water partition coefficient (Wildman–Crippen LogP) is 4.85. The number of hydrogen-bond acceptors (Lipinski definition) is 4. The van der Waals surface area contributed by atoms with Crippen LogP contribution in [0.2, 0.25) is 0 Å². The molecule has 2 aliphatic rings. The molecule has 1 aliphatic heterocycles. The Morgan fingerprint density at radius 1 is 0.969 bits per heavy atom. The number of methoxy groups -OCH3 is 1. The van der Waals surface area contributed by atoms with E-state index in [1.54, 1.807) is 25.3 Å². The van der Waals surface area contributed by atoms with Gasteiger partial charge in [0.15, 0.2) is 0 Å². The predicted molar refractivity (Wildman–Crippen MR) is 129 cm³/mol. The summed E-state index contributed by atoms with van der Waals surface area (Å²) in [5, 5.41) is 2.41. The highest BCUT2D eigenvalue weighted by molar-refractivity contribution is 7.89. The largest absolute Gasteiger partial charge is 0.495 e. The molecule has 168 valence electrons. The summed E-state index contributed by atoms with van der Waals surface area (Å²) >= 11 is 0. The molecule has 1 N–H and O–H groups in total. The lowest BCUT2D eigenvalue weighted by molar-refractivity contribution is 0.412. The van der Waals surface area contributed by atoms with Crippen molar-refractivity contribution in [3.05, 3.63) is 66.2 Å². The number of nitrogens with zero attached hydrogens (tertiary/aromatic N) is 1. The fraction of sp³-hybridized carbons (Fsp3) is 0.385. The maximum atomic E-state index is 13.3. The van der Waals surface area contributed by atoms with Gasteiger partial charge in [0.1, 0.15) is 5.75 Å². The summed E-state index contributed by atoms with van der Waals surface area (Å²) in [7, 11) is -2.00. The quantitative estimate of drug-likeness (QED) is 0.559. The molecule has 0 spiro atoms. The van der Waals surface area contributed by atoms with Crippen molar-refractivity contribution in [1.29, 1.82) is 0 Å². The van der Waals surface area contributed by atoms with Gasteiger partial charge in [0.05, 0.1) is 17.7 Å². The van der Waals surface area contributed by atoms with Crippen molar-refractivity contribution >= 4 is 26.5 Å². The van der Waals surface area contributed by atoms with E-state index in [1.807, 2.05) is 12.1 Å². The summed E-state index contributed by atoms with van der Waals surface area (Å²) in [5.74, 6) is 0.722. The van der Waals surface area contributed by atoms with Crippen LogP contribution >= 0.6 is 0 Å². The molecule has 2 fully saturated rings. The van der Waals surface area contributed by atoms with E-state index in [2.05, 4.69) is 40.0 Å². The van der Waals surface area contributed by atoms with E-state index >= 15 is 0 Å². The summed E-state index contributed by atoms with van der Waals surface area (Å²) in [5.41, 5.74) is 1.98. The number of fused-ring (bicyclic) bond motifs is 1. The van der Waals surface area contributed by atoms with E-state index in [9.17, 15) is 8.42 Å². The lowest BCUT2D eigenvalue weighted by Gasteiger charge is -2.30. The van der Waals surface area contributed by atoms with Crippen LogP contribution in [0, 0.1) is 0 Å². The van der Waals surface area contributed by atoms with Crippen molar-refractivity contribution in [2.75, 3.05) is 31.6 Å². The molecule has 0 radical (unpaired) electrons. The maximum absolute atomic E-state index is 13.3. The van der Waals surface area contributed by atoms with Crippen molar-refractivity contribution in [2.45, 2.75) is 42.4 Å². The van der Waals surface area contributed by atoms with E-state index < -0.39 is 10.0 Å². The smallest absolute Gasteiger partial charge is 0.240 e. The molecule has 3 aromatic rings. The Balaban J connectivity index is 1.40. The summed E-state index contributed by atoms with van der Waals surface area (Å²) in [6, 6.07) is 19.8. The van der Waals surface area contributed by atoms with Crippen molar-refractivity contribution in [3.8, 4) is 5.75 Å². The van der Waals surface area contributed by atoms with Crippen LogP contribution < -0.4 is 14.4 Å². The molecular formula is C26H30N2O3S. The summed E-state index contributed by atoms with van der Waals surface area (Å²) in [4.78, 5) is 2.53. The first-order valence-corrected chi connectivity index (χ1v) is 12.9. The van der Waals surface area contributed by atoms with Crippen molar-refractivity contribution in [2.24, 2.45) is 0 Å². The molecular weight excluding hydrogens is 420 g/mol. The molecule has 3 aromatic carbocycles. The SMILES string of the molecule is COc1ccc(S(=O)(=O)NCC2(c3cccc4ccccc34)CC2)cc1N1CCCCC1. The zero-order chi connectivity index (χ0) is 22.2. The first-order chi connectivity index (χ1) is 15.5. The molecule has 0 aromatic heterocycles. The van der Waals surface area contributed by atoms with Gasteiger partial charge in [0.2, 0.25) is 10.0 Å². The van der Waals surface area contributed by atoms with E-state index in [-0.39, 0.29) is 5.41 Å². The van der Waals surface area contributed by atoms with Crippen molar-refractivity contribution < 1.29 is 13.2 Å². The lowest BCUT2D eigenvalue weighted by atomic mass is 9.91. The van der Waals surface area contributed by atoms with Gasteiger partial charge in [-0.25, -0.2) is 13.1 Å². The number of rotatable bonds is 7. The van der Waals surface area contributed by atoms with Crippen LogP contribution in [0.25, 0.3) is 10.8 Å². The monoisotopic (exact) mass is 450 g/mol. The van der Waals surface area contributed by atoms with Gasteiger partial charge in [0.25, 0.3) is 0 Å². The van der Waals surface area contributed by atoms with Gasteiger partial charge >= 0.3 is 0 Å². The fourth-order valence-electron chi connectivity index (χ4n) is 4.92. The molecule has 1 aliphatic carbocycles. The Bertz CT molecular complexity index is 1220. The first-order valence-electron chi connectivity index (χ1n) is 11.4. The minimum atomic E-state index is -3.63. The number of hydrogen-bond donors (Lipinski definition) is 1. The van der Waals surface area contributed by atoms with Crippen LogP contribution in [0.3, 0.4) is 0 Å². The average molecular weight is 451 g/mol. The third-order valence-corrected chi connectivity index (χ3v) is 8.37. The van der Waals surface area contributed by atoms with Gasteiger partial charge in [-0.15, -0.1) is 0 Å². The molecule has 5 nitrogen and oxygen atoms in total. The van der Waals surface area contributed by atoms with Gasteiger partial charge < -0.3 is 9.64 Å². The van der Waals surface area contributed by atoms with E-state index in [1.165, 1.54) is 22.8 Å². The van der Waals surface area contributed by atoms with Gasteiger partial charge in [-0.1, -0.05) is 42.5 Å². The van der Waals surface area contributed by atoms with Crippen LogP contribution in [0.5, 0.6) is 5.75 Å². The Morgan fingerprint density at radius 3 is 2.47 bits per heavy atom. The highest BCUT2D eigenvalue weighted by Crippen LogP contribution is 2.50. The minimum Gasteiger partial charge on any atom is -0.495 e. The molecule has 0 unspecified atom stereocenters. The van der Waals surface area contributed by atoms with E-state index in [4.69, 9.17) is 4.74 Å². The van der Waals surface area contributed by atoms with E-state index in [0.29, 0.717) is 11.4 Å². The standard InChI is InChI=1S/C26H30N2O3S/c1-31-25-13-12-21(18-24(25)28-16-5-2-6-17-28)32(29,30)27-19-26(14-15-26)23-11-7-9-20-8-3-4-10-22(20)23/h3-4,7-13,18,27H,2,5-6,14-17,19H2,1H3. The van der Waals surface area contributed by atoms with Crippen LogP contribution in [0.1, 0.15) is 37.7 Å². The zero-order valence-electron chi connectivity index (χ0n) is 18.5. The van der Waals surface area contributed by atoms with Crippen LogP contribution in [-0.4, -0.2) is 35.2 Å². The Hall–Kier alpha value is -2.57. The second-order valence-electron chi connectivity index (χ2n) is 9.01. The molecule has 1 saturated carbocycles. The Kier molecular flexibility index (Phi) is 5.59. The number of nitrogens with one attached hydrogen (secondary N) is 1. The third-order valence-electron chi connectivity index (χ3n) is 6.97. The van der Waals surface area contributed by atoms with E-state index in [0.717, 1.165) is 50.2 Å². The molecule has 0 amide bonds. The molecule has 32 heavy (non-hydrogen) atoms. The summed E-state index contributed by atoms with van der Waals surface area (Å²) < 4.78 is 35.0. The fourth-order valence-corrected chi connectivity index (χ4v) is 6.06. The number of piperidine rings is 1. The summed E-state index contributed by atoms with van der Waals surface area (Å²) in [6.45, 7) is 2.27. The van der Waals surface area contributed by atoms with Crippen molar-refractivity contribution in [1.82, 2.24) is 4.72 Å². The number of benzene rings is 3. The number of sulfonamides is 1. The van der Waals surface area contributed by atoms with Crippen LogP contribution in [-0.2, 0) is 15.4 Å². The van der Waals surface area contributed by atoms with Gasteiger partial charge in [-0.2, -0.15) is 0 Å². The average Bonchev–Trinajstić information content (AvgIpc) is 3.64. The highest BCUT2D eigenvalue weighted by Gasteiger charge is 2.45. The molecule has 0 atom stereocenters. The minimum absolute atomic E-state index is 0.129. The number of ether oxygens (including phenoxy) is 1. The summed E-state index contributed by atoms with van der Waals surface area (Å²) in [6.07, 6.45) is 5.43. The topological polar surface area (TPSA) is 58.6 Å². The third kappa shape index (κ3) is 3.97. The Morgan fingerprint density at radius 2 is 1.72 bits per heavy atom. The molecule has 6 heteroatoms. The van der Waals surface area contributed by atoms with Crippen molar-refractivity contribution in [3.63, 3.8) is 0 Å². The molecule has 1 heterocycles. The van der Waals surface area contributed by atoms with Gasteiger partial charge in [-0.05, 0) is 66.6 Å². The highest BCUT2D eigenvalue weighted by atomic mass is 32.2. The number of anilines is 1. The second-order valence-corrected chi connectivity index (χ2v) is 10.8. The normalized spacial score (nSPS) is 18.0. The first kappa shape index (κ1) is 21.3.